The summed E-state index contributed by atoms with van der Waals surface area (Å²) < 4.78 is 6.41. The summed E-state index contributed by atoms with van der Waals surface area (Å²) in [5, 5.41) is 3.75. The number of hydrogen-bond acceptors (Lipinski definition) is 3. The fourth-order valence-electron chi connectivity index (χ4n) is 2.61. The van der Waals surface area contributed by atoms with Crippen molar-refractivity contribution in [1.29, 1.82) is 0 Å². The van der Waals surface area contributed by atoms with Crippen LogP contribution in [0.5, 0.6) is 5.75 Å². The van der Waals surface area contributed by atoms with Gasteiger partial charge in [-0.3, -0.25) is 9.59 Å². The van der Waals surface area contributed by atoms with E-state index in [-0.39, 0.29) is 31.0 Å². The van der Waals surface area contributed by atoms with E-state index in [1.165, 1.54) is 4.90 Å². The second-order valence-corrected chi connectivity index (χ2v) is 8.55. The molecule has 8 heteroatoms. The Balaban J connectivity index is 2.19. The first-order valence-corrected chi connectivity index (χ1v) is 10.6. The molecule has 0 aliphatic rings. The number of amides is 2. The molecule has 0 aliphatic carbocycles. The quantitative estimate of drug-likeness (QED) is 0.548. The fraction of sp³-hybridized carbons (Fsp3) is 0.333. The molecular formula is C21H23BrCl2N2O3. The van der Waals surface area contributed by atoms with Crippen LogP contribution in [-0.2, 0) is 16.1 Å². The van der Waals surface area contributed by atoms with Crippen LogP contribution in [0.15, 0.2) is 46.9 Å². The lowest BCUT2D eigenvalue weighted by atomic mass is 10.1. The third-order valence-electron chi connectivity index (χ3n) is 4.14. The van der Waals surface area contributed by atoms with Crippen molar-refractivity contribution in [3.63, 3.8) is 0 Å². The zero-order valence-electron chi connectivity index (χ0n) is 16.4. The van der Waals surface area contributed by atoms with Gasteiger partial charge in [0, 0.05) is 22.1 Å². The summed E-state index contributed by atoms with van der Waals surface area (Å²) in [6.45, 7) is 5.33. The number of nitrogens with zero attached hydrogens (tertiary/aromatic N) is 1. The van der Waals surface area contributed by atoms with Crippen molar-refractivity contribution in [2.75, 3.05) is 6.61 Å². The molecule has 29 heavy (non-hydrogen) atoms. The zero-order valence-corrected chi connectivity index (χ0v) is 19.5. The van der Waals surface area contributed by atoms with Crippen LogP contribution in [0.1, 0.15) is 26.3 Å². The molecule has 5 nitrogen and oxygen atoms in total. The highest BCUT2D eigenvalue weighted by Gasteiger charge is 2.27. The molecule has 0 aromatic heterocycles. The van der Waals surface area contributed by atoms with Crippen molar-refractivity contribution in [1.82, 2.24) is 10.2 Å². The smallest absolute Gasteiger partial charge is 0.261 e. The highest BCUT2D eigenvalue weighted by Crippen LogP contribution is 2.28. The van der Waals surface area contributed by atoms with Crippen LogP contribution in [0.4, 0.5) is 0 Å². The van der Waals surface area contributed by atoms with Gasteiger partial charge in [0.1, 0.15) is 11.8 Å². The lowest BCUT2D eigenvalue weighted by molar-refractivity contribution is -0.142. The first-order valence-electron chi connectivity index (χ1n) is 9.10. The van der Waals surface area contributed by atoms with Crippen LogP contribution in [-0.4, -0.2) is 35.4 Å². The second kappa shape index (κ2) is 10.9. The Kier molecular flexibility index (Phi) is 8.80. The molecule has 2 rings (SSSR count). The minimum absolute atomic E-state index is 0.0416. The number of nitrogens with one attached hydrogen (secondary N) is 1. The van der Waals surface area contributed by atoms with E-state index < -0.39 is 6.04 Å². The molecule has 2 aromatic rings. The third kappa shape index (κ3) is 6.91. The van der Waals surface area contributed by atoms with E-state index in [9.17, 15) is 9.59 Å². The largest absolute Gasteiger partial charge is 0.482 e. The average molecular weight is 502 g/mol. The van der Waals surface area contributed by atoms with Crippen LogP contribution in [0.2, 0.25) is 10.0 Å². The number of carbonyl (C=O) groups excluding carboxylic acids is 2. The molecule has 0 fully saturated rings. The van der Waals surface area contributed by atoms with E-state index in [1.807, 2.05) is 32.0 Å². The Morgan fingerprint density at radius 1 is 1.10 bits per heavy atom. The van der Waals surface area contributed by atoms with E-state index >= 15 is 0 Å². The van der Waals surface area contributed by atoms with Gasteiger partial charge in [-0.05, 0) is 50.6 Å². The molecule has 156 valence electrons. The summed E-state index contributed by atoms with van der Waals surface area (Å²) in [7, 11) is 0. The van der Waals surface area contributed by atoms with Crippen LogP contribution in [0, 0.1) is 0 Å². The van der Waals surface area contributed by atoms with Crippen LogP contribution < -0.4 is 10.1 Å². The summed E-state index contributed by atoms with van der Waals surface area (Å²) in [5.41, 5.74) is 0.744. The van der Waals surface area contributed by atoms with Gasteiger partial charge in [-0.25, -0.2) is 0 Å². The Bertz CT molecular complexity index is 877. The van der Waals surface area contributed by atoms with Crippen LogP contribution in [0.3, 0.4) is 0 Å². The van der Waals surface area contributed by atoms with Gasteiger partial charge < -0.3 is 15.0 Å². The molecule has 0 bridgehead atoms. The molecule has 0 unspecified atom stereocenters. The van der Waals surface area contributed by atoms with E-state index in [2.05, 4.69) is 21.2 Å². The average Bonchev–Trinajstić information content (AvgIpc) is 2.65. The van der Waals surface area contributed by atoms with Crippen LogP contribution in [0.25, 0.3) is 0 Å². The van der Waals surface area contributed by atoms with Gasteiger partial charge in [-0.1, -0.05) is 57.3 Å². The molecule has 1 atom stereocenters. The van der Waals surface area contributed by atoms with E-state index in [0.29, 0.717) is 15.8 Å². The number of hydrogen-bond donors (Lipinski definition) is 1. The maximum atomic E-state index is 13.0. The standard InChI is InChI=1S/C21H23BrCl2N2O3/c1-13(2)25-21(28)14(3)26(11-15-6-4-5-7-17(15)23)20(27)12-29-19-9-8-16(22)10-18(19)24/h4-10,13-14H,11-12H2,1-3H3,(H,25,28)/t14-/m0/s1. The molecule has 0 aliphatic heterocycles. The maximum absolute atomic E-state index is 13.0. The Morgan fingerprint density at radius 3 is 2.41 bits per heavy atom. The van der Waals surface area contributed by atoms with Gasteiger partial charge in [0.15, 0.2) is 6.61 Å². The lowest BCUT2D eigenvalue weighted by Gasteiger charge is -2.29. The predicted octanol–water partition coefficient (Wildman–Crippen LogP) is 5.08. The minimum Gasteiger partial charge on any atom is -0.482 e. The number of rotatable bonds is 8. The molecule has 0 saturated carbocycles. The van der Waals surface area contributed by atoms with Gasteiger partial charge in [0.25, 0.3) is 5.91 Å². The van der Waals surface area contributed by atoms with Crippen molar-refractivity contribution in [2.24, 2.45) is 0 Å². The number of ether oxygens (including phenoxy) is 1. The van der Waals surface area contributed by atoms with E-state index in [1.54, 1.807) is 31.2 Å². The molecule has 0 saturated heterocycles. The summed E-state index contributed by atoms with van der Waals surface area (Å²) >= 11 is 15.7. The van der Waals surface area contributed by atoms with Gasteiger partial charge in [0.2, 0.25) is 5.91 Å². The molecular weight excluding hydrogens is 479 g/mol. The summed E-state index contributed by atoms with van der Waals surface area (Å²) in [4.78, 5) is 27.0. The van der Waals surface area contributed by atoms with Gasteiger partial charge in [-0.15, -0.1) is 0 Å². The Morgan fingerprint density at radius 2 is 1.79 bits per heavy atom. The summed E-state index contributed by atoms with van der Waals surface area (Å²) in [6, 6.07) is 11.6. The van der Waals surface area contributed by atoms with Crippen molar-refractivity contribution < 1.29 is 14.3 Å². The number of halogens is 3. The lowest BCUT2D eigenvalue weighted by Crippen LogP contribution is -2.50. The van der Waals surface area contributed by atoms with E-state index in [0.717, 1.165) is 10.0 Å². The molecule has 1 N–H and O–H groups in total. The van der Waals surface area contributed by atoms with Crippen molar-refractivity contribution >= 4 is 50.9 Å². The SMILES string of the molecule is CC(C)NC(=O)[C@H](C)N(Cc1ccccc1Cl)C(=O)COc1ccc(Br)cc1Cl. The normalized spacial score (nSPS) is 11.8. The first kappa shape index (κ1) is 23.5. The van der Waals surface area contributed by atoms with Crippen molar-refractivity contribution in [3.8, 4) is 5.75 Å². The molecule has 0 heterocycles. The third-order valence-corrected chi connectivity index (χ3v) is 5.30. The Hall–Kier alpha value is -1.76. The van der Waals surface area contributed by atoms with Crippen molar-refractivity contribution in [2.45, 2.75) is 39.4 Å². The van der Waals surface area contributed by atoms with Gasteiger partial charge >= 0.3 is 0 Å². The second-order valence-electron chi connectivity index (χ2n) is 6.82. The van der Waals surface area contributed by atoms with Gasteiger partial charge in [-0.2, -0.15) is 0 Å². The predicted molar refractivity (Wildman–Crippen MR) is 119 cm³/mol. The Labute approximate surface area is 189 Å². The number of carbonyl (C=O) groups is 2. The first-order chi connectivity index (χ1) is 13.7. The summed E-state index contributed by atoms with van der Waals surface area (Å²) in [5.74, 6) is -0.211. The topological polar surface area (TPSA) is 58.6 Å². The molecule has 2 amide bonds. The minimum atomic E-state index is -0.704. The monoisotopic (exact) mass is 500 g/mol. The molecule has 0 spiro atoms. The van der Waals surface area contributed by atoms with Gasteiger partial charge in [0.05, 0.1) is 5.02 Å². The highest BCUT2D eigenvalue weighted by atomic mass is 79.9. The summed E-state index contributed by atoms with van der Waals surface area (Å²) in [6.07, 6.45) is 0. The maximum Gasteiger partial charge on any atom is 0.261 e. The van der Waals surface area contributed by atoms with E-state index in [4.69, 9.17) is 27.9 Å². The molecule has 2 aromatic carbocycles. The fourth-order valence-corrected chi connectivity index (χ4v) is 3.54. The zero-order chi connectivity index (χ0) is 21.6. The molecule has 0 radical (unpaired) electrons. The number of benzene rings is 2. The van der Waals surface area contributed by atoms with Crippen LogP contribution >= 0.6 is 39.1 Å². The highest BCUT2D eigenvalue weighted by molar-refractivity contribution is 9.10. The van der Waals surface area contributed by atoms with Crippen molar-refractivity contribution in [3.05, 3.63) is 62.5 Å².